The van der Waals surface area contributed by atoms with E-state index in [9.17, 15) is 13.2 Å². The molecule has 0 N–H and O–H groups in total. The number of rotatable bonds is 4. The first-order valence-electron chi connectivity index (χ1n) is 7.17. The van der Waals surface area contributed by atoms with Crippen LogP contribution in [0.25, 0.3) is 0 Å². The fraction of sp³-hybridized carbons (Fsp3) is 0.312. The number of halogens is 3. The summed E-state index contributed by atoms with van der Waals surface area (Å²) in [4.78, 5) is 6.37. The lowest BCUT2D eigenvalue weighted by atomic mass is 10.3. The van der Waals surface area contributed by atoms with Gasteiger partial charge < -0.3 is 9.64 Å². The molecule has 0 saturated carbocycles. The second kappa shape index (κ2) is 6.70. The highest BCUT2D eigenvalue weighted by atomic mass is 32.2. The van der Waals surface area contributed by atoms with Crippen molar-refractivity contribution in [1.82, 2.24) is 4.98 Å². The van der Waals surface area contributed by atoms with Crippen molar-refractivity contribution in [3.05, 3.63) is 48.8 Å². The summed E-state index contributed by atoms with van der Waals surface area (Å²) in [6.07, 6.45) is 4.41. The summed E-state index contributed by atoms with van der Waals surface area (Å²) in [5, 5.41) is 0. The van der Waals surface area contributed by atoms with E-state index in [1.807, 2.05) is 12.1 Å². The van der Waals surface area contributed by atoms with E-state index in [0.29, 0.717) is 5.75 Å². The SMILES string of the molecule is FC(F)(F)Sc1ccc(OC2CCN(c3ccncc3)C2)cc1. The number of pyridine rings is 1. The number of nitrogens with zero attached hydrogens (tertiary/aromatic N) is 2. The van der Waals surface area contributed by atoms with Crippen LogP contribution < -0.4 is 9.64 Å². The van der Waals surface area contributed by atoms with Gasteiger partial charge in [-0.2, -0.15) is 13.2 Å². The van der Waals surface area contributed by atoms with Crippen molar-refractivity contribution in [1.29, 1.82) is 0 Å². The van der Waals surface area contributed by atoms with E-state index in [1.165, 1.54) is 12.1 Å². The molecule has 1 unspecified atom stereocenters. The van der Waals surface area contributed by atoms with Gasteiger partial charge in [0.15, 0.2) is 0 Å². The molecule has 1 fully saturated rings. The quantitative estimate of drug-likeness (QED) is 0.773. The minimum Gasteiger partial charge on any atom is -0.489 e. The van der Waals surface area contributed by atoms with E-state index in [0.717, 1.165) is 25.2 Å². The van der Waals surface area contributed by atoms with Crippen LogP contribution in [0.15, 0.2) is 53.7 Å². The van der Waals surface area contributed by atoms with E-state index in [4.69, 9.17) is 4.74 Å². The Hall–Kier alpha value is -1.89. The van der Waals surface area contributed by atoms with Crippen LogP contribution in [-0.2, 0) is 0 Å². The molecule has 23 heavy (non-hydrogen) atoms. The maximum absolute atomic E-state index is 12.3. The third kappa shape index (κ3) is 4.54. The van der Waals surface area contributed by atoms with Crippen LogP contribution in [0.4, 0.5) is 18.9 Å². The van der Waals surface area contributed by atoms with E-state index in [2.05, 4.69) is 9.88 Å². The lowest BCUT2D eigenvalue weighted by Crippen LogP contribution is -2.24. The van der Waals surface area contributed by atoms with Gasteiger partial charge in [0.2, 0.25) is 0 Å². The lowest BCUT2D eigenvalue weighted by Gasteiger charge is -2.18. The molecule has 0 amide bonds. The van der Waals surface area contributed by atoms with Gasteiger partial charge in [-0.3, -0.25) is 4.98 Å². The summed E-state index contributed by atoms with van der Waals surface area (Å²) < 4.78 is 42.8. The van der Waals surface area contributed by atoms with Crippen molar-refractivity contribution in [2.24, 2.45) is 0 Å². The largest absolute Gasteiger partial charge is 0.489 e. The third-order valence-corrected chi connectivity index (χ3v) is 4.27. The Morgan fingerprint density at radius 2 is 1.78 bits per heavy atom. The standard InChI is InChI=1S/C16H15F3N2OS/c17-16(18,19)23-15-3-1-13(2-4-15)22-14-7-10-21(11-14)12-5-8-20-9-6-12/h1-6,8-9,14H,7,10-11H2. The van der Waals surface area contributed by atoms with Crippen LogP contribution in [-0.4, -0.2) is 29.7 Å². The molecule has 0 spiro atoms. The zero-order valence-electron chi connectivity index (χ0n) is 12.2. The smallest absolute Gasteiger partial charge is 0.446 e. The molecule has 0 radical (unpaired) electrons. The summed E-state index contributed by atoms with van der Waals surface area (Å²) in [6, 6.07) is 9.94. The maximum Gasteiger partial charge on any atom is 0.446 e. The number of hydrogen-bond acceptors (Lipinski definition) is 4. The van der Waals surface area contributed by atoms with E-state index >= 15 is 0 Å². The predicted molar refractivity (Wildman–Crippen MR) is 83.8 cm³/mol. The van der Waals surface area contributed by atoms with Crippen LogP contribution in [0, 0.1) is 0 Å². The Balaban J connectivity index is 1.56. The number of thioether (sulfide) groups is 1. The molecular weight excluding hydrogens is 325 g/mol. The van der Waals surface area contributed by atoms with Crippen molar-refractivity contribution in [2.75, 3.05) is 18.0 Å². The minimum absolute atomic E-state index is 0.0317. The molecule has 1 atom stereocenters. The molecule has 122 valence electrons. The summed E-state index contributed by atoms with van der Waals surface area (Å²) in [5.41, 5.74) is -3.16. The van der Waals surface area contributed by atoms with Crippen molar-refractivity contribution >= 4 is 17.4 Å². The van der Waals surface area contributed by atoms with Crippen LogP contribution in [0.1, 0.15) is 6.42 Å². The van der Waals surface area contributed by atoms with Crippen molar-refractivity contribution in [3.63, 3.8) is 0 Å². The highest BCUT2D eigenvalue weighted by Gasteiger charge is 2.29. The molecule has 1 aromatic heterocycles. The van der Waals surface area contributed by atoms with Gasteiger partial charge in [-0.25, -0.2) is 0 Å². The number of alkyl halides is 3. The van der Waals surface area contributed by atoms with Gasteiger partial charge in [0.1, 0.15) is 11.9 Å². The number of aromatic nitrogens is 1. The summed E-state index contributed by atoms with van der Waals surface area (Å²) in [5.74, 6) is 0.595. The van der Waals surface area contributed by atoms with Gasteiger partial charge in [0, 0.05) is 35.9 Å². The van der Waals surface area contributed by atoms with Gasteiger partial charge in [-0.15, -0.1) is 0 Å². The number of ether oxygens (including phenoxy) is 1. The molecule has 1 aliphatic heterocycles. The van der Waals surface area contributed by atoms with Gasteiger partial charge >= 0.3 is 5.51 Å². The van der Waals surface area contributed by atoms with Crippen LogP contribution >= 0.6 is 11.8 Å². The van der Waals surface area contributed by atoms with Crippen LogP contribution in [0.2, 0.25) is 0 Å². The Bertz CT molecular complexity index is 634. The predicted octanol–water partition coefficient (Wildman–Crippen LogP) is 4.35. The molecule has 1 aliphatic rings. The van der Waals surface area contributed by atoms with Crippen LogP contribution in [0.5, 0.6) is 5.75 Å². The maximum atomic E-state index is 12.3. The van der Waals surface area contributed by atoms with Crippen molar-refractivity contribution < 1.29 is 17.9 Å². The number of hydrogen-bond donors (Lipinski definition) is 0. The van der Waals surface area contributed by atoms with Crippen molar-refractivity contribution in [2.45, 2.75) is 22.9 Å². The van der Waals surface area contributed by atoms with Crippen molar-refractivity contribution in [3.8, 4) is 5.75 Å². The summed E-state index contributed by atoms with van der Waals surface area (Å²) in [7, 11) is 0. The first kappa shape index (κ1) is 16.0. The third-order valence-electron chi connectivity index (χ3n) is 3.53. The highest BCUT2D eigenvalue weighted by Crippen LogP contribution is 2.37. The second-order valence-electron chi connectivity index (χ2n) is 5.20. The normalized spacial score (nSPS) is 18.2. The molecule has 0 aliphatic carbocycles. The average Bonchev–Trinajstić information content (AvgIpc) is 2.97. The molecule has 1 aromatic carbocycles. The van der Waals surface area contributed by atoms with E-state index in [1.54, 1.807) is 24.5 Å². The van der Waals surface area contributed by atoms with E-state index in [-0.39, 0.29) is 22.8 Å². The molecule has 2 heterocycles. The van der Waals surface area contributed by atoms with Crippen LogP contribution in [0.3, 0.4) is 0 Å². The molecular formula is C16H15F3N2OS. The minimum atomic E-state index is -4.27. The zero-order chi connectivity index (χ0) is 16.3. The molecule has 2 aromatic rings. The lowest BCUT2D eigenvalue weighted by molar-refractivity contribution is -0.0328. The highest BCUT2D eigenvalue weighted by molar-refractivity contribution is 8.00. The fourth-order valence-electron chi connectivity index (χ4n) is 2.53. The molecule has 3 nitrogen and oxygen atoms in total. The number of benzene rings is 1. The first-order valence-corrected chi connectivity index (χ1v) is 7.99. The monoisotopic (exact) mass is 340 g/mol. The molecule has 3 rings (SSSR count). The molecule has 7 heteroatoms. The Kier molecular flexibility index (Phi) is 4.66. The van der Waals surface area contributed by atoms with E-state index < -0.39 is 5.51 Å². The molecule has 1 saturated heterocycles. The summed E-state index contributed by atoms with van der Waals surface area (Å²) >= 11 is -0.120. The van der Waals surface area contributed by atoms with Gasteiger partial charge in [-0.1, -0.05) is 0 Å². The second-order valence-corrected chi connectivity index (χ2v) is 6.34. The topological polar surface area (TPSA) is 25.4 Å². The Morgan fingerprint density at radius 3 is 2.43 bits per heavy atom. The summed E-state index contributed by atoms with van der Waals surface area (Å²) in [6.45, 7) is 1.64. The van der Waals surface area contributed by atoms with Gasteiger partial charge in [-0.05, 0) is 48.2 Å². The van der Waals surface area contributed by atoms with Gasteiger partial charge in [0.25, 0.3) is 0 Å². The fourth-order valence-corrected chi connectivity index (χ4v) is 3.07. The Labute approximate surface area is 136 Å². The molecule has 0 bridgehead atoms. The average molecular weight is 340 g/mol. The first-order chi connectivity index (χ1) is 11.0. The van der Waals surface area contributed by atoms with Gasteiger partial charge in [0.05, 0.1) is 6.54 Å². The Morgan fingerprint density at radius 1 is 1.09 bits per heavy atom. The number of anilines is 1. The zero-order valence-corrected chi connectivity index (χ0v) is 13.0.